The van der Waals surface area contributed by atoms with Gasteiger partial charge in [0.1, 0.15) is 0 Å². The summed E-state index contributed by atoms with van der Waals surface area (Å²) in [6, 6.07) is 0.343. The molecule has 0 aliphatic rings. The Balaban J connectivity index is 2.80. The lowest BCUT2D eigenvalue weighted by Gasteiger charge is -2.28. The van der Waals surface area contributed by atoms with Crippen LogP contribution in [0, 0.1) is 0 Å². The Kier molecular flexibility index (Phi) is 5.67. The molecule has 0 spiro atoms. The van der Waals surface area contributed by atoms with E-state index in [4.69, 9.17) is 11.6 Å². The molecule has 0 amide bonds. The Bertz CT molecular complexity index is 369. The summed E-state index contributed by atoms with van der Waals surface area (Å²) in [4.78, 5) is 0. The second kappa shape index (κ2) is 6.58. The molecule has 0 aromatic carbocycles. The summed E-state index contributed by atoms with van der Waals surface area (Å²) in [6.07, 6.45) is 3.99. The van der Waals surface area contributed by atoms with Gasteiger partial charge < -0.3 is 5.32 Å². The number of hydrogen-bond acceptors (Lipinski definition) is 2. The third-order valence-electron chi connectivity index (χ3n) is 3.23. The Morgan fingerprint density at radius 2 is 2.06 bits per heavy atom. The van der Waals surface area contributed by atoms with Crippen LogP contribution in [0.3, 0.4) is 0 Å². The van der Waals surface area contributed by atoms with Crippen molar-refractivity contribution in [1.29, 1.82) is 0 Å². The highest BCUT2D eigenvalue weighted by Crippen LogP contribution is 2.33. The Hall–Kier alpha value is -0.540. The van der Waals surface area contributed by atoms with Gasteiger partial charge in [0, 0.05) is 11.5 Å². The first-order valence-electron chi connectivity index (χ1n) is 6.84. The van der Waals surface area contributed by atoms with Gasteiger partial charge in [0.2, 0.25) is 0 Å². The van der Waals surface area contributed by atoms with Crippen LogP contribution in [0.1, 0.15) is 59.2 Å². The summed E-state index contributed by atoms with van der Waals surface area (Å²) in [5.74, 6) is 0. The Morgan fingerprint density at radius 3 is 2.61 bits per heavy atom. The predicted molar refractivity (Wildman–Crippen MR) is 78.4 cm³/mol. The van der Waals surface area contributed by atoms with Crippen molar-refractivity contribution in [3.05, 3.63) is 16.9 Å². The lowest BCUT2D eigenvalue weighted by molar-refractivity contribution is 0.394. The largest absolute Gasteiger partial charge is 0.317 e. The maximum absolute atomic E-state index is 6.31. The van der Waals surface area contributed by atoms with Gasteiger partial charge in [-0.3, -0.25) is 4.68 Å². The molecule has 0 bridgehead atoms. The van der Waals surface area contributed by atoms with E-state index in [1.54, 1.807) is 6.20 Å². The molecule has 0 radical (unpaired) electrons. The van der Waals surface area contributed by atoms with E-state index in [0.717, 1.165) is 30.2 Å². The molecule has 18 heavy (non-hydrogen) atoms. The third-order valence-corrected chi connectivity index (χ3v) is 3.51. The molecule has 3 nitrogen and oxygen atoms in total. The molecule has 1 heterocycles. The van der Waals surface area contributed by atoms with Crippen LogP contribution in [0.4, 0.5) is 0 Å². The molecule has 0 fully saturated rings. The van der Waals surface area contributed by atoms with Crippen molar-refractivity contribution >= 4 is 11.6 Å². The highest BCUT2D eigenvalue weighted by Gasteiger charge is 2.28. The first-order chi connectivity index (χ1) is 8.40. The van der Waals surface area contributed by atoms with Gasteiger partial charge in [-0.25, -0.2) is 0 Å². The SMILES string of the molecule is CCCNCCC(C)(C)c1c(Cl)cnn1C(C)C. The number of nitrogens with zero attached hydrogens (tertiary/aromatic N) is 2. The number of rotatable bonds is 7. The van der Waals surface area contributed by atoms with Crippen LogP contribution in [0.15, 0.2) is 6.20 Å². The van der Waals surface area contributed by atoms with E-state index in [9.17, 15) is 0 Å². The molecule has 1 N–H and O–H groups in total. The van der Waals surface area contributed by atoms with E-state index in [-0.39, 0.29) is 5.41 Å². The summed E-state index contributed by atoms with van der Waals surface area (Å²) in [5.41, 5.74) is 1.19. The van der Waals surface area contributed by atoms with Crippen LogP contribution in [0.2, 0.25) is 5.02 Å². The van der Waals surface area contributed by atoms with Crippen LogP contribution in [-0.2, 0) is 5.41 Å². The van der Waals surface area contributed by atoms with Gasteiger partial charge in [0.15, 0.2) is 0 Å². The quantitative estimate of drug-likeness (QED) is 0.765. The smallest absolute Gasteiger partial charge is 0.0823 e. The summed E-state index contributed by atoms with van der Waals surface area (Å²) in [5, 5.41) is 8.62. The minimum absolute atomic E-state index is 0.0403. The van der Waals surface area contributed by atoms with E-state index in [2.05, 4.69) is 45.0 Å². The fourth-order valence-corrected chi connectivity index (χ4v) is 2.57. The fourth-order valence-electron chi connectivity index (χ4n) is 2.19. The molecule has 104 valence electrons. The highest BCUT2D eigenvalue weighted by molar-refractivity contribution is 6.31. The first kappa shape index (κ1) is 15.5. The van der Waals surface area contributed by atoms with Crippen LogP contribution in [0.25, 0.3) is 0 Å². The molecule has 0 saturated heterocycles. The van der Waals surface area contributed by atoms with Gasteiger partial charge in [-0.15, -0.1) is 0 Å². The van der Waals surface area contributed by atoms with Crippen molar-refractivity contribution in [1.82, 2.24) is 15.1 Å². The summed E-state index contributed by atoms with van der Waals surface area (Å²) in [6.45, 7) is 13.0. The summed E-state index contributed by atoms with van der Waals surface area (Å²) >= 11 is 6.31. The number of halogens is 1. The zero-order valence-corrected chi connectivity index (χ0v) is 13.0. The zero-order chi connectivity index (χ0) is 13.8. The van der Waals surface area contributed by atoms with Crippen molar-refractivity contribution in [2.75, 3.05) is 13.1 Å². The van der Waals surface area contributed by atoms with Gasteiger partial charge >= 0.3 is 0 Å². The Labute approximate surface area is 116 Å². The molecule has 0 aliphatic carbocycles. The van der Waals surface area contributed by atoms with Gasteiger partial charge in [0.05, 0.1) is 16.9 Å². The van der Waals surface area contributed by atoms with E-state index >= 15 is 0 Å². The van der Waals surface area contributed by atoms with Crippen molar-refractivity contribution in [2.24, 2.45) is 0 Å². The van der Waals surface area contributed by atoms with Gasteiger partial charge in [-0.05, 0) is 39.8 Å². The van der Waals surface area contributed by atoms with Crippen molar-refractivity contribution in [3.8, 4) is 0 Å². The Morgan fingerprint density at radius 1 is 1.39 bits per heavy atom. The third kappa shape index (κ3) is 3.72. The van der Waals surface area contributed by atoms with Crippen molar-refractivity contribution in [2.45, 2.75) is 58.9 Å². The lowest BCUT2D eigenvalue weighted by atomic mass is 9.85. The standard InChI is InChI=1S/C14H26ClN3/c1-6-8-16-9-7-14(4,5)13-12(15)10-17-18(13)11(2)3/h10-11,16H,6-9H2,1-5H3. The average Bonchev–Trinajstić information content (AvgIpc) is 2.67. The van der Waals surface area contributed by atoms with Crippen molar-refractivity contribution < 1.29 is 0 Å². The minimum atomic E-state index is 0.0403. The molecule has 1 aromatic rings. The van der Waals surface area contributed by atoms with Crippen LogP contribution in [0.5, 0.6) is 0 Å². The second-order valence-corrected chi connectivity index (χ2v) is 6.17. The topological polar surface area (TPSA) is 29.9 Å². The van der Waals surface area contributed by atoms with E-state index in [1.807, 2.05) is 4.68 Å². The number of hydrogen-bond donors (Lipinski definition) is 1. The minimum Gasteiger partial charge on any atom is -0.317 e. The maximum Gasteiger partial charge on any atom is 0.0823 e. The molecule has 0 aliphatic heterocycles. The number of nitrogens with one attached hydrogen (secondary N) is 1. The number of aromatic nitrogens is 2. The van der Waals surface area contributed by atoms with Gasteiger partial charge in [-0.2, -0.15) is 5.10 Å². The zero-order valence-electron chi connectivity index (χ0n) is 12.3. The molecule has 1 aromatic heterocycles. The average molecular weight is 272 g/mol. The normalized spacial score (nSPS) is 12.4. The van der Waals surface area contributed by atoms with E-state index < -0.39 is 0 Å². The fraction of sp³-hybridized carbons (Fsp3) is 0.786. The van der Waals surface area contributed by atoms with Crippen LogP contribution < -0.4 is 5.32 Å². The summed E-state index contributed by atoms with van der Waals surface area (Å²) < 4.78 is 2.04. The van der Waals surface area contributed by atoms with E-state index in [1.165, 1.54) is 6.42 Å². The molecule has 0 saturated carbocycles. The molecule has 1 rings (SSSR count). The molecular weight excluding hydrogens is 246 g/mol. The van der Waals surface area contributed by atoms with Crippen LogP contribution in [-0.4, -0.2) is 22.9 Å². The maximum atomic E-state index is 6.31. The second-order valence-electron chi connectivity index (χ2n) is 5.76. The molecule has 0 atom stereocenters. The predicted octanol–water partition coefficient (Wildman–Crippen LogP) is 3.78. The monoisotopic (exact) mass is 271 g/mol. The van der Waals surface area contributed by atoms with Crippen LogP contribution >= 0.6 is 11.6 Å². The van der Waals surface area contributed by atoms with E-state index in [0.29, 0.717) is 6.04 Å². The van der Waals surface area contributed by atoms with Gasteiger partial charge in [-0.1, -0.05) is 32.4 Å². The van der Waals surface area contributed by atoms with Crippen molar-refractivity contribution in [3.63, 3.8) is 0 Å². The summed E-state index contributed by atoms with van der Waals surface area (Å²) in [7, 11) is 0. The lowest BCUT2D eigenvalue weighted by Crippen LogP contribution is -2.29. The van der Waals surface area contributed by atoms with Gasteiger partial charge in [0.25, 0.3) is 0 Å². The molecule has 4 heteroatoms. The first-order valence-corrected chi connectivity index (χ1v) is 7.22. The highest BCUT2D eigenvalue weighted by atomic mass is 35.5. The molecular formula is C14H26ClN3. The molecule has 0 unspecified atom stereocenters.